The lowest BCUT2D eigenvalue weighted by Gasteiger charge is -2.22. The van der Waals surface area contributed by atoms with E-state index in [1.54, 1.807) is 24.1 Å². The van der Waals surface area contributed by atoms with Gasteiger partial charge in [0.1, 0.15) is 0 Å². The van der Waals surface area contributed by atoms with Gasteiger partial charge in [-0.15, -0.1) is 0 Å². The fourth-order valence-corrected chi connectivity index (χ4v) is 2.09. The van der Waals surface area contributed by atoms with Gasteiger partial charge in [0, 0.05) is 18.1 Å². The van der Waals surface area contributed by atoms with Crippen LogP contribution in [-0.4, -0.2) is 31.1 Å². The van der Waals surface area contributed by atoms with Crippen molar-refractivity contribution in [3.63, 3.8) is 0 Å². The fraction of sp³-hybridized carbons (Fsp3) is 0.429. The molecule has 1 aliphatic heterocycles. The van der Waals surface area contributed by atoms with Crippen molar-refractivity contribution in [2.75, 3.05) is 18.2 Å². The molecule has 1 aliphatic rings. The smallest absolute Gasteiger partial charge is 0.354 e. The summed E-state index contributed by atoms with van der Waals surface area (Å²) in [6.07, 6.45) is 0.121. The van der Waals surface area contributed by atoms with Gasteiger partial charge in [-0.2, -0.15) is 5.10 Å². The maximum atomic E-state index is 11.8. The van der Waals surface area contributed by atoms with Crippen molar-refractivity contribution >= 4 is 29.0 Å². The van der Waals surface area contributed by atoms with Crippen molar-refractivity contribution in [3.05, 3.63) is 29.3 Å². The van der Waals surface area contributed by atoms with Gasteiger partial charge < -0.3 is 9.47 Å². The fourth-order valence-electron chi connectivity index (χ4n) is 1.97. The minimum absolute atomic E-state index is 0.291. The van der Waals surface area contributed by atoms with Crippen LogP contribution in [0.25, 0.3) is 0 Å². The summed E-state index contributed by atoms with van der Waals surface area (Å²) in [5.74, 6) is -0.395. The Morgan fingerprint density at radius 2 is 2.05 bits per heavy atom. The molecule has 0 fully saturated rings. The molecule has 108 valence electrons. The minimum Gasteiger partial charge on any atom is -0.461 e. The average molecular weight is 297 g/mol. The van der Waals surface area contributed by atoms with E-state index in [2.05, 4.69) is 5.10 Å². The molecule has 20 heavy (non-hydrogen) atoms. The number of hydrogen-bond donors (Lipinski definition) is 0. The van der Waals surface area contributed by atoms with E-state index >= 15 is 0 Å². The third-order valence-corrected chi connectivity index (χ3v) is 3.08. The van der Waals surface area contributed by atoms with Crippen LogP contribution < -0.4 is 5.01 Å². The lowest BCUT2D eigenvalue weighted by atomic mass is 10.2. The quantitative estimate of drug-likeness (QED) is 0.784. The van der Waals surface area contributed by atoms with E-state index in [1.165, 1.54) is 0 Å². The van der Waals surface area contributed by atoms with Crippen LogP contribution in [0.15, 0.2) is 29.4 Å². The van der Waals surface area contributed by atoms with Crippen molar-refractivity contribution in [2.45, 2.75) is 26.5 Å². The van der Waals surface area contributed by atoms with Crippen LogP contribution in [-0.2, 0) is 14.3 Å². The van der Waals surface area contributed by atoms with E-state index in [4.69, 9.17) is 21.1 Å². The summed E-state index contributed by atoms with van der Waals surface area (Å²) in [6, 6.07) is 7.23. The van der Waals surface area contributed by atoms with Crippen LogP contribution in [0, 0.1) is 0 Å². The first-order valence-electron chi connectivity index (χ1n) is 6.56. The Kier molecular flexibility index (Phi) is 4.98. The van der Waals surface area contributed by atoms with Gasteiger partial charge in [-0.05, 0) is 38.1 Å². The second kappa shape index (κ2) is 6.72. The van der Waals surface area contributed by atoms with Gasteiger partial charge in [0.25, 0.3) is 0 Å². The molecule has 1 heterocycles. The number of ether oxygens (including phenoxy) is 2. The highest BCUT2D eigenvalue weighted by Gasteiger charge is 2.32. The van der Waals surface area contributed by atoms with Crippen LogP contribution in [0.4, 0.5) is 5.69 Å². The monoisotopic (exact) mass is 296 g/mol. The van der Waals surface area contributed by atoms with E-state index in [1.807, 2.05) is 19.1 Å². The summed E-state index contributed by atoms with van der Waals surface area (Å²) in [5.41, 5.74) is 1.20. The number of carbonyl (C=O) groups excluding carboxylic acids is 1. The van der Waals surface area contributed by atoms with E-state index in [9.17, 15) is 4.79 Å². The molecule has 0 spiro atoms. The van der Waals surface area contributed by atoms with Gasteiger partial charge in [0.05, 0.1) is 12.3 Å². The van der Waals surface area contributed by atoms with Crippen molar-refractivity contribution in [2.24, 2.45) is 5.10 Å². The van der Waals surface area contributed by atoms with Gasteiger partial charge in [0.15, 0.2) is 11.9 Å². The number of nitrogens with zero attached hydrogens (tertiary/aromatic N) is 2. The van der Waals surface area contributed by atoms with E-state index in [0.29, 0.717) is 30.4 Å². The molecule has 5 nitrogen and oxygen atoms in total. The molecule has 0 unspecified atom stereocenters. The molecule has 1 aromatic rings. The standard InChI is InChI=1S/C14H17ClN2O3/c1-3-19-13-9-12(14(18)20-4-2)16-17(13)11-7-5-10(15)6-8-11/h5-8,13H,3-4,9H2,1-2H3/t13-/m0/s1. The van der Waals surface area contributed by atoms with E-state index in [-0.39, 0.29) is 6.23 Å². The maximum absolute atomic E-state index is 11.8. The highest BCUT2D eigenvalue weighted by Crippen LogP contribution is 2.26. The molecule has 0 aromatic heterocycles. The summed E-state index contributed by atoms with van der Waals surface area (Å²) < 4.78 is 10.6. The minimum atomic E-state index is -0.395. The number of hydrogen-bond acceptors (Lipinski definition) is 5. The zero-order valence-electron chi connectivity index (χ0n) is 11.5. The Bertz CT molecular complexity index is 502. The first kappa shape index (κ1) is 14.8. The van der Waals surface area contributed by atoms with Crippen LogP contribution in [0.1, 0.15) is 20.3 Å². The van der Waals surface area contributed by atoms with Crippen molar-refractivity contribution in [1.82, 2.24) is 0 Å². The largest absolute Gasteiger partial charge is 0.461 e. The molecule has 0 aliphatic carbocycles. The normalized spacial score (nSPS) is 18.1. The first-order chi connectivity index (χ1) is 9.65. The molecule has 0 saturated carbocycles. The van der Waals surface area contributed by atoms with Crippen molar-refractivity contribution < 1.29 is 14.3 Å². The number of benzene rings is 1. The predicted octanol–water partition coefficient (Wildman–Crippen LogP) is 2.83. The maximum Gasteiger partial charge on any atom is 0.354 e. The number of esters is 1. The Morgan fingerprint density at radius 1 is 1.35 bits per heavy atom. The SMILES string of the molecule is CCOC(=O)C1=NN(c2ccc(Cl)cc2)[C@@H](OCC)C1. The van der Waals surface area contributed by atoms with Crippen molar-refractivity contribution in [3.8, 4) is 0 Å². The zero-order valence-corrected chi connectivity index (χ0v) is 12.3. The zero-order chi connectivity index (χ0) is 14.5. The highest BCUT2D eigenvalue weighted by molar-refractivity contribution is 6.37. The van der Waals surface area contributed by atoms with Gasteiger partial charge in [0.2, 0.25) is 0 Å². The summed E-state index contributed by atoms with van der Waals surface area (Å²) in [6.45, 7) is 4.55. The highest BCUT2D eigenvalue weighted by atomic mass is 35.5. The number of carbonyl (C=O) groups is 1. The van der Waals surface area contributed by atoms with E-state index < -0.39 is 5.97 Å². The Labute approximate surface area is 123 Å². The van der Waals surface area contributed by atoms with Gasteiger partial charge in [-0.3, -0.25) is 0 Å². The molecule has 0 radical (unpaired) electrons. The van der Waals surface area contributed by atoms with Gasteiger partial charge in [-0.25, -0.2) is 9.80 Å². The Morgan fingerprint density at radius 3 is 2.65 bits per heavy atom. The van der Waals surface area contributed by atoms with Crippen LogP contribution in [0.2, 0.25) is 5.02 Å². The van der Waals surface area contributed by atoms with E-state index in [0.717, 1.165) is 5.69 Å². The molecule has 1 atom stereocenters. The lowest BCUT2D eigenvalue weighted by molar-refractivity contribution is -0.135. The Balaban J connectivity index is 2.22. The molecule has 2 rings (SSSR count). The molecular formula is C14H17ClN2O3. The summed E-state index contributed by atoms with van der Waals surface area (Å²) >= 11 is 5.88. The third-order valence-electron chi connectivity index (χ3n) is 2.83. The second-order valence-corrected chi connectivity index (χ2v) is 4.64. The average Bonchev–Trinajstić information content (AvgIpc) is 2.84. The molecule has 0 N–H and O–H groups in total. The number of rotatable bonds is 5. The molecule has 0 bridgehead atoms. The van der Waals surface area contributed by atoms with Crippen LogP contribution in [0.5, 0.6) is 0 Å². The first-order valence-corrected chi connectivity index (χ1v) is 6.94. The summed E-state index contributed by atoms with van der Waals surface area (Å²) in [4.78, 5) is 11.8. The third kappa shape index (κ3) is 3.29. The van der Waals surface area contributed by atoms with Crippen LogP contribution in [0.3, 0.4) is 0 Å². The molecule has 1 aromatic carbocycles. The molecule has 0 amide bonds. The number of halogens is 1. The summed E-state index contributed by atoms with van der Waals surface area (Å²) in [5, 5.41) is 6.65. The van der Waals surface area contributed by atoms with Gasteiger partial charge >= 0.3 is 5.97 Å². The summed E-state index contributed by atoms with van der Waals surface area (Å²) in [7, 11) is 0. The topological polar surface area (TPSA) is 51.1 Å². The number of anilines is 1. The van der Waals surface area contributed by atoms with Crippen molar-refractivity contribution in [1.29, 1.82) is 0 Å². The van der Waals surface area contributed by atoms with Crippen LogP contribution >= 0.6 is 11.6 Å². The second-order valence-electron chi connectivity index (χ2n) is 4.20. The molecule has 0 saturated heterocycles. The number of hydrazone groups is 1. The molecule has 6 heteroatoms. The van der Waals surface area contributed by atoms with Gasteiger partial charge in [-0.1, -0.05) is 11.6 Å². The lowest BCUT2D eigenvalue weighted by Crippen LogP contribution is -2.29. The predicted molar refractivity (Wildman–Crippen MR) is 78.0 cm³/mol. The Hall–Kier alpha value is -1.59. The molecular weight excluding hydrogens is 280 g/mol.